The maximum Gasteiger partial charge on any atom is 0.262 e. The van der Waals surface area contributed by atoms with Crippen LogP contribution in [0.2, 0.25) is 0 Å². The van der Waals surface area contributed by atoms with Crippen LogP contribution in [0.1, 0.15) is 56.1 Å². The molecule has 1 atom stereocenters. The minimum atomic E-state index is -0.103. The molecule has 1 saturated heterocycles. The van der Waals surface area contributed by atoms with Crippen LogP contribution in [0, 0.1) is 6.92 Å². The fourth-order valence-electron chi connectivity index (χ4n) is 4.41. The quantitative estimate of drug-likeness (QED) is 0.719. The monoisotopic (exact) mass is 393 g/mol. The van der Waals surface area contributed by atoms with Crippen LogP contribution >= 0.6 is 0 Å². The number of aryl methyl sites for hydroxylation is 1. The molecule has 1 aromatic carbocycles. The van der Waals surface area contributed by atoms with Crippen molar-refractivity contribution in [3.8, 4) is 5.75 Å². The van der Waals surface area contributed by atoms with Crippen molar-refractivity contribution < 1.29 is 4.74 Å². The van der Waals surface area contributed by atoms with Crippen molar-refractivity contribution in [3.63, 3.8) is 0 Å². The highest BCUT2D eigenvalue weighted by Crippen LogP contribution is 2.31. The van der Waals surface area contributed by atoms with Crippen molar-refractivity contribution in [2.45, 2.75) is 57.7 Å². The van der Waals surface area contributed by atoms with Crippen molar-refractivity contribution in [1.29, 1.82) is 0 Å². The summed E-state index contributed by atoms with van der Waals surface area (Å²) in [5.74, 6) is 1.61. The van der Waals surface area contributed by atoms with E-state index in [1.165, 1.54) is 18.4 Å². The van der Waals surface area contributed by atoms with E-state index < -0.39 is 0 Å². The Morgan fingerprint density at radius 2 is 1.90 bits per heavy atom. The van der Waals surface area contributed by atoms with Gasteiger partial charge in [0.2, 0.25) is 0 Å². The Bertz CT molecular complexity index is 1060. The number of benzene rings is 1. The molecule has 0 radical (unpaired) electrons. The van der Waals surface area contributed by atoms with Gasteiger partial charge in [0.1, 0.15) is 23.1 Å². The standard InChI is InChI=1S/C22H27N5O2/c1-14-7-9-17(10-8-14)29-18-12-26(13-18)15(2)20-24-21-19(22(28)25-20)11-23-27(21)16-5-3-4-6-16/h7-11,15-16,18H,3-6,12-13H2,1-2H3,(H,24,25,28)/t15-/m1/s1. The number of hydrogen-bond donors (Lipinski definition) is 1. The zero-order valence-corrected chi connectivity index (χ0v) is 17.0. The highest BCUT2D eigenvalue weighted by atomic mass is 16.5. The van der Waals surface area contributed by atoms with Crippen molar-refractivity contribution in [3.05, 3.63) is 52.2 Å². The molecule has 0 amide bonds. The van der Waals surface area contributed by atoms with E-state index in [0.717, 1.165) is 37.3 Å². The number of ether oxygens (including phenoxy) is 1. The van der Waals surface area contributed by atoms with Crippen LogP contribution < -0.4 is 10.3 Å². The number of H-pyrrole nitrogens is 1. The predicted octanol–water partition coefficient (Wildman–Crippen LogP) is 3.37. The first-order valence-electron chi connectivity index (χ1n) is 10.5. The number of likely N-dealkylation sites (tertiary alicyclic amines) is 1. The first-order chi connectivity index (χ1) is 14.1. The number of aromatic amines is 1. The molecule has 7 heteroatoms. The molecular weight excluding hydrogens is 366 g/mol. The van der Waals surface area contributed by atoms with Gasteiger partial charge in [0.15, 0.2) is 5.65 Å². The largest absolute Gasteiger partial charge is 0.488 e. The van der Waals surface area contributed by atoms with Crippen LogP contribution in [0.15, 0.2) is 35.3 Å². The first-order valence-corrected chi connectivity index (χ1v) is 10.5. The molecule has 29 heavy (non-hydrogen) atoms. The van der Waals surface area contributed by atoms with Crippen molar-refractivity contribution in [2.75, 3.05) is 13.1 Å². The van der Waals surface area contributed by atoms with Crippen molar-refractivity contribution >= 4 is 11.0 Å². The molecular formula is C22H27N5O2. The summed E-state index contributed by atoms with van der Waals surface area (Å²) in [6.07, 6.45) is 6.48. The van der Waals surface area contributed by atoms with Gasteiger partial charge >= 0.3 is 0 Å². The lowest BCUT2D eigenvalue weighted by Gasteiger charge is -2.42. The minimum absolute atomic E-state index is 0.0249. The minimum Gasteiger partial charge on any atom is -0.488 e. The van der Waals surface area contributed by atoms with Gasteiger partial charge in [0, 0.05) is 13.1 Å². The Hall–Kier alpha value is -2.67. The molecule has 0 bridgehead atoms. The van der Waals surface area contributed by atoms with Crippen LogP contribution in [0.3, 0.4) is 0 Å². The van der Waals surface area contributed by atoms with Crippen LogP contribution in [0.25, 0.3) is 11.0 Å². The van der Waals surface area contributed by atoms with Gasteiger partial charge in [0.05, 0.1) is 18.3 Å². The van der Waals surface area contributed by atoms with E-state index in [0.29, 0.717) is 17.3 Å². The molecule has 2 aromatic heterocycles. The van der Waals surface area contributed by atoms with Gasteiger partial charge < -0.3 is 9.72 Å². The Morgan fingerprint density at radius 3 is 2.62 bits per heavy atom. The lowest BCUT2D eigenvalue weighted by Crippen LogP contribution is -2.54. The molecule has 152 valence electrons. The topological polar surface area (TPSA) is 76.0 Å². The van der Waals surface area contributed by atoms with Crippen molar-refractivity contribution in [1.82, 2.24) is 24.6 Å². The molecule has 3 aromatic rings. The van der Waals surface area contributed by atoms with Gasteiger partial charge in [-0.1, -0.05) is 30.5 Å². The molecule has 1 aliphatic carbocycles. The van der Waals surface area contributed by atoms with E-state index >= 15 is 0 Å². The van der Waals surface area contributed by atoms with E-state index in [9.17, 15) is 4.79 Å². The summed E-state index contributed by atoms with van der Waals surface area (Å²) in [6, 6.07) is 8.53. The summed E-state index contributed by atoms with van der Waals surface area (Å²) in [4.78, 5) is 22.7. The van der Waals surface area contributed by atoms with Gasteiger partial charge in [-0.3, -0.25) is 9.69 Å². The third-order valence-electron chi connectivity index (χ3n) is 6.30. The average molecular weight is 393 g/mol. The molecule has 1 N–H and O–H groups in total. The number of fused-ring (bicyclic) bond motifs is 1. The SMILES string of the molecule is Cc1ccc(OC2CN([C@H](C)c3nc4c(cnn4C4CCCC4)c(=O)[nH]3)C2)cc1. The van der Waals surface area contributed by atoms with Crippen LogP contribution in [0.4, 0.5) is 0 Å². The van der Waals surface area contributed by atoms with Crippen LogP contribution in [0.5, 0.6) is 5.75 Å². The fraction of sp³-hybridized carbons (Fsp3) is 0.500. The molecule has 5 rings (SSSR count). The first kappa shape index (κ1) is 18.4. The van der Waals surface area contributed by atoms with Gasteiger partial charge in [-0.25, -0.2) is 9.67 Å². The van der Waals surface area contributed by atoms with Gasteiger partial charge in [-0.2, -0.15) is 5.10 Å². The average Bonchev–Trinajstić information content (AvgIpc) is 3.34. The molecule has 2 fully saturated rings. The normalized spacial score (nSPS) is 19.5. The smallest absolute Gasteiger partial charge is 0.262 e. The maximum atomic E-state index is 12.6. The van der Waals surface area contributed by atoms with E-state index in [1.807, 2.05) is 16.8 Å². The van der Waals surface area contributed by atoms with E-state index in [4.69, 9.17) is 9.72 Å². The zero-order valence-electron chi connectivity index (χ0n) is 17.0. The highest BCUT2D eigenvalue weighted by Gasteiger charge is 2.34. The second kappa shape index (κ2) is 7.30. The fourth-order valence-corrected chi connectivity index (χ4v) is 4.41. The summed E-state index contributed by atoms with van der Waals surface area (Å²) in [5, 5.41) is 5.06. The molecule has 1 saturated carbocycles. The molecule has 7 nitrogen and oxygen atoms in total. The Balaban J connectivity index is 1.31. The summed E-state index contributed by atoms with van der Waals surface area (Å²) >= 11 is 0. The zero-order chi connectivity index (χ0) is 20.0. The van der Waals surface area contributed by atoms with Crippen LogP contribution in [-0.2, 0) is 0 Å². The summed E-state index contributed by atoms with van der Waals surface area (Å²) in [5.41, 5.74) is 1.84. The van der Waals surface area contributed by atoms with Crippen LogP contribution in [-0.4, -0.2) is 43.8 Å². The number of hydrogen-bond acceptors (Lipinski definition) is 5. The van der Waals surface area contributed by atoms with E-state index in [2.05, 4.69) is 41.0 Å². The molecule has 0 unspecified atom stereocenters. The lowest BCUT2D eigenvalue weighted by atomic mass is 10.1. The third-order valence-corrected chi connectivity index (χ3v) is 6.30. The number of nitrogens with zero attached hydrogens (tertiary/aromatic N) is 4. The van der Waals surface area contributed by atoms with Gasteiger partial charge in [-0.05, 0) is 38.8 Å². The van der Waals surface area contributed by atoms with Gasteiger partial charge in [-0.15, -0.1) is 0 Å². The summed E-state index contributed by atoms with van der Waals surface area (Å²) in [6.45, 7) is 5.79. The predicted molar refractivity (Wildman–Crippen MR) is 111 cm³/mol. The highest BCUT2D eigenvalue weighted by molar-refractivity contribution is 5.73. The second-order valence-corrected chi connectivity index (χ2v) is 8.40. The van der Waals surface area contributed by atoms with Gasteiger partial charge in [0.25, 0.3) is 5.56 Å². The Kier molecular flexibility index (Phi) is 4.62. The Morgan fingerprint density at radius 1 is 1.17 bits per heavy atom. The molecule has 1 aliphatic heterocycles. The molecule has 3 heterocycles. The van der Waals surface area contributed by atoms with Crippen molar-refractivity contribution in [2.24, 2.45) is 0 Å². The third kappa shape index (κ3) is 3.44. The Labute approximate surface area is 169 Å². The number of aromatic nitrogens is 4. The number of nitrogens with one attached hydrogen (secondary N) is 1. The lowest BCUT2D eigenvalue weighted by molar-refractivity contribution is -0.00735. The maximum absolute atomic E-state index is 12.6. The second-order valence-electron chi connectivity index (χ2n) is 8.40. The molecule has 0 spiro atoms. The molecule has 2 aliphatic rings. The van der Waals surface area contributed by atoms with E-state index in [-0.39, 0.29) is 17.7 Å². The van der Waals surface area contributed by atoms with E-state index in [1.54, 1.807) is 6.20 Å². The summed E-state index contributed by atoms with van der Waals surface area (Å²) < 4.78 is 8.01. The summed E-state index contributed by atoms with van der Waals surface area (Å²) in [7, 11) is 0. The number of rotatable bonds is 5.